The highest BCUT2D eigenvalue weighted by atomic mass is 16.5. The van der Waals surface area contributed by atoms with Gasteiger partial charge in [0.05, 0.1) is 11.5 Å². The lowest BCUT2D eigenvalue weighted by atomic mass is 9.47. The summed E-state index contributed by atoms with van der Waals surface area (Å²) in [4.78, 5) is 17.2. The van der Waals surface area contributed by atoms with Crippen molar-refractivity contribution in [3.63, 3.8) is 0 Å². The Bertz CT molecular complexity index is 1310. The first-order valence-electron chi connectivity index (χ1n) is 12.5. The van der Waals surface area contributed by atoms with Crippen LogP contribution in [0, 0.1) is 25.7 Å². The van der Waals surface area contributed by atoms with Crippen molar-refractivity contribution in [2.75, 3.05) is 20.6 Å². The molecule has 182 valence electrons. The van der Waals surface area contributed by atoms with Gasteiger partial charge in [0.2, 0.25) is 0 Å². The number of carbonyl (C=O) groups excluding carboxylic acids is 1. The molecule has 2 N–H and O–H groups in total. The summed E-state index contributed by atoms with van der Waals surface area (Å²) >= 11 is 0. The van der Waals surface area contributed by atoms with Crippen LogP contribution in [-0.4, -0.2) is 70.3 Å². The summed E-state index contributed by atoms with van der Waals surface area (Å²) in [6.45, 7) is 4.92. The Hall–Kier alpha value is -3.01. The molecule has 5 atom stereocenters. The van der Waals surface area contributed by atoms with E-state index in [9.17, 15) is 15.0 Å². The fourth-order valence-electron chi connectivity index (χ4n) is 7.42. The van der Waals surface area contributed by atoms with Crippen molar-refractivity contribution in [3.05, 3.63) is 58.1 Å². The highest BCUT2D eigenvalue weighted by Gasteiger charge is 2.74. The normalized spacial score (nSPS) is 32.2. The molecule has 2 heterocycles. The highest BCUT2D eigenvalue weighted by Crippen LogP contribution is 2.65. The van der Waals surface area contributed by atoms with Crippen LogP contribution in [0.1, 0.15) is 47.1 Å². The molecule has 0 radical (unpaired) electrons. The molecule has 1 saturated heterocycles. The van der Waals surface area contributed by atoms with Gasteiger partial charge >= 0.3 is 0 Å². The van der Waals surface area contributed by atoms with E-state index >= 15 is 0 Å². The van der Waals surface area contributed by atoms with E-state index < -0.39 is 17.1 Å². The Balaban J connectivity index is 1.41. The molecule has 2 bridgehead atoms. The molecular formula is C29H32N2O4. The molecule has 1 amide bonds. The van der Waals surface area contributed by atoms with E-state index in [0.29, 0.717) is 25.0 Å². The Kier molecular flexibility index (Phi) is 4.81. The van der Waals surface area contributed by atoms with Gasteiger partial charge in [-0.2, -0.15) is 0 Å². The third-order valence-corrected chi connectivity index (χ3v) is 9.32. The maximum absolute atomic E-state index is 13.3. The standard InChI is InChI=1S/C29H32N2O4/c1-17-5-6-19(15-18(17)2)7-12-25(33)31(4)22-10-11-24-28-13-14-30(3)23(29(22,28)34)16-20-8-9-21(32)27(35-24)26(20)28/h5-6,8-9,15,22-24,32,34H,10-11,13-14,16H2,1-4H3/t22-,23-,24+,28-,29-/m1/s1. The van der Waals surface area contributed by atoms with Gasteiger partial charge in [0, 0.05) is 30.1 Å². The van der Waals surface area contributed by atoms with Gasteiger partial charge in [-0.15, -0.1) is 0 Å². The van der Waals surface area contributed by atoms with Crippen LogP contribution in [0.4, 0.5) is 0 Å². The maximum atomic E-state index is 13.3. The van der Waals surface area contributed by atoms with Crippen molar-refractivity contribution in [1.82, 2.24) is 9.80 Å². The molecule has 2 aromatic rings. The molecule has 6 heteroatoms. The number of benzene rings is 2. The minimum Gasteiger partial charge on any atom is -0.504 e. The molecule has 6 nitrogen and oxygen atoms in total. The smallest absolute Gasteiger partial charge is 0.298 e. The second-order valence-electron chi connectivity index (χ2n) is 10.9. The number of phenols is 1. The van der Waals surface area contributed by atoms with Crippen LogP contribution in [0.2, 0.25) is 0 Å². The number of piperidine rings is 1. The number of ether oxygens (including phenoxy) is 1. The monoisotopic (exact) mass is 472 g/mol. The lowest BCUT2D eigenvalue weighted by Crippen LogP contribution is -2.81. The third-order valence-electron chi connectivity index (χ3n) is 9.32. The maximum Gasteiger partial charge on any atom is 0.298 e. The number of rotatable bonds is 1. The Labute approximate surface area is 206 Å². The van der Waals surface area contributed by atoms with E-state index in [-0.39, 0.29) is 23.8 Å². The topological polar surface area (TPSA) is 73.2 Å². The molecule has 2 aliphatic heterocycles. The number of amides is 1. The van der Waals surface area contributed by atoms with Crippen molar-refractivity contribution in [3.8, 4) is 23.3 Å². The Morgan fingerprint density at radius 3 is 2.77 bits per heavy atom. The number of likely N-dealkylation sites (N-methyl/N-ethyl adjacent to an activating group) is 2. The largest absolute Gasteiger partial charge is 0.504 e. The predicted molar refractivity (Wildman–Crippen MR) is 132 cm³/mol. The Morgan fingerprint density at radius 2 is 2.00 bits per heavy atom. The zero-order valence-electron chi connectivity index (χ0n) is 20.8. The van der Waals surface area contributed by atoms with E-state index in [0.717, 1.165) is 35.2 Å². The zero-order valence-corrected chi connectivity index (χ0v) is 20.8. The SMILES string of the molecule is Cc1ccc(C#CC(=O)N(C)[C@@H]2CC[C@@H]3Oc4c(O)ccc5c4[C@@]34CCN(C)[C@H](C5)[C@]24O)cc1C. The van der Waals surface area contributed by atoms with E-state index in [2.05, 4.69) is 30.7 Å². The summed E-state index contributed by atoms with van der Waals surface area (Å²) in [6.07, 6.45) is 2.48. The number of nitrogens with zero attached hydrogens (tertiary/aromatic N) is 2. The Morgan fingerprint density at radius 1 is 1.20 bits per heavy atom. The van der Waals surface area contributed by atoms with Gasteiger partial charge in [-0.1, -0.05) is 18.1 Å². The molecule has 6 rings (SSSR count). The van der Waals surface area contributed by atoms with Gasteiger partial charge in [0.1, 0.15) is 11.7 Å². The number of aryl methyl sites for hydroxylation is 2. The molecule has 1 spiro atoms. The second kappa shape index (κ2) is 7.49. The van der Waals surface area contributed by atoms with Gasteiger partial charge in [0.25, 0.3) is 5.91 Å². The average Bonchev–Trinajstić information content (AvgIpc) is 3.18. The van der Waals surface area contributed by atoms with Crippen molar-refractivity contribution >= 4 is 5.91 Å². The van der Waals surface area contributed by atoms with Crippen LogP contribution in [-0.2, 0) is 16.6 Å². The summed E-state index contributed by atoms with van der Waals surface area (Å²) in [7, 11) is 3.82. The fourth-order valence-corrected chi connectivity index (χ4v) is 7.42. The molecule has 2 aromatic carbocycles. The van der Waals surface area contributed by atoms with E-state index in [1.807, 2.05) is 31.2 Å². The third kappa shape index (κ3) is 2.83. The van der Waals surface area contributed by atoms with Crippen LogP contribution in [0.5, 0.6) is 11.5 Å². The number of phenolic OH excluding ortho intramolecular Hbond substituents is 1. The fraction of sp³-hybridized carbons (Fsp3) is 0.483. The first-order chi connectivity index (χ1) is 16.7. The summed E-state index contributed by atoms with van der Waals surface area (Å²) in [5, 5.41) is 23.4. The minimum atomic E-state index is -1.21. The molecule has 0 unspecified atom stereocenters. The van der Waals surface area contributed by atoms with Crippen molar-refractivity contribution in [1.29, 1.82) is 0 Å². The molecule has 0 aromatic heterocycles. The first kappa shape index (κ1) is 22.5. The minimum absolute atomic E-state index is 0.132. The van der Waals surface area contributed by atoms with Crippen LogP contribution in [0.25, 0.3) is 0 Å². The van der Waals surface area contributed by atoms with Crippen molar-refractivity contribution in [2.24, 2.45) is 0 Å². The van der Waals surface area contributed by atoms with Gasteiger partial charge < -0.3 is 24.7 Å². The summed E-state index contributed by atoms with van der Waals surface area (Å²) in [6, 6.07) is 9.06. The predicted octanol–water partition coefficient (Wildman–Crippen LogP) is 2.67. The zero-order chi connectivity index (χ0) is 24.7. The molecule has 4 aliphatic rings. The van der Waals surface area contributed by atoms with Crippen LogP contribution in [0.15, 0.2) is 30.3 Å². The molecule has 1 saturated carbocycles. The van der Waals surface area contributed by atoms with Crippen molar-refractivity contribution in [2.45, 2.75) is 68.7 Å². The number of aromatic hydroxyl groups is 1. The van der Waals surface area contributed by atoms with Gasteiger partial charge in [-0.25, -0.2) is 0 Å². The van der Waals surface area contributed by atoms with Crippen LogP contribution >= 0.6 is 0 Å². The lowest BCUT2D eigenvalue weighted by molar-refractivity contribution is -0.213. The number of likely N-dealkylation sites (tertiary alicyclic amines) is 1. The first-order valence-corrected chi connectivity index (χ1v) is 12.5. The van der Waals surface area contributed by atoms with E-state index in [1.165, 1.54) is 5.56 Å². The lowest BCUT2D eigenvalue weighted by Gasteiger charge is -2.65. The number of hydrogen-bond donors (Lipinski definition) is 2. The number of hydrogen-bond acceptors (Lipinski definition) is 5. The average molecular weight is 473 g/mol. The quantitative estimate of drug-likeness (QED) is 0.625. The number of aliphatic hydroxyl groups is 1. The van der Waals surface area contributed by atoms with Crippen molar-refractivity contribution < 1.29 is 19.7 Å². The molecule has 35 heavy (non-hydrogen) atoms. The van der Waals surface area contributed by atoms with E-state index in [4.69, 9.17) is 4.74 Å². The number of carbonyl (C=O) groups is 1. The summed E-state index contributed by atoms with van der Waals surface area (Å²) in [5.74, 6) is 6.21. The van der Waals surface area contributed by atoms with Gasteiger partial charge in [0.15, 0.2) is 11.5 Å². The molecular weight excluding hydrogens is 440 g/mol. The van der Waals surface area contributed by atoms with E-state index in [1.54, 1.807) is 18.0 Å². The van der Waals surface area contributed by atoms with Crippen LogP contribution in [0.3, 0.4) is 0 Å². The van der Waals surface area contributed by atoms with Crippen LogP contribution < -0.4 is 4.74 Å². The van der Waals surface area contributed by atoms with Gasteiger partial charge in [-0.3, -0.25) is 4.79 Å². The van der Waals surface area contributed by atoms with Gasteiger partial charge in [-0.05, 0) is 88.0 Å². The summed E-state index contributed by atoms with van der Waals surface area (Å²) < 4.78 is 6.36. The molecule has 2 fully saturated rings. The highest BCUT2D eigenvalue weighted by molar-refractivity contribution is 5.94. The molecule has 2 aliphatic carbocycles. The summed E-state index contributed by atoms with van der Waals surface area (Å²) in [5.41, 5.74) is 3.37. The second-order valence-corrected chi connectivity index (χ2v) is 10.9.